The van der Waals surface area contributed by atoms with Crippen LogP contribution >= 0.6 is 65.4 Å². The summed E-state index contributed by atoms with van der Waals surface area (Å²) >= 11 is 28.6. The van der Waals surface area contributed by atoms with Crippen LogP contribution in [0.5, 0.6) is 17.2 Å². The number of amides is 2. The molecule has 4 atom stereocenters. The molecule has 25 heteroatoms. The van der Waals surface area contributed by atoms with Crippen molar-refractivity contribution in [1.29, 1.82) is 0 Å². The Morgan fingerprint density at radius 1 is 0.931 bits per heavy atom. The van der Waals surface area contributed by atoms with Crippen molar-refractivity contribution in [3.63, 3.8) is 0 Å². The number of aliphatic carboxylic acids is 2. The normalized spacial score (nSPS) is 14.4. The average Bonchev–Trinajstić information content (AvgIpc) is 3.32. The van der Waals surface area contributed by atoms with E-state index < -0.39 is 54.0 Å². The van der Waals surface area contributed by atoms with Gasteiger partial charge in [0.25, 0.3) is 5.91 Å². The number of carbonyl (C=O) groups excluding carboxylic acids is 3. The number of halogens is 8. The molecule has 0 bridgehead atoms. The number of anilines is 2. The zero-order valence-electron chi connectivity index (χ0n) is 39.6. The second-order valence-corrected chi connectivity index (χ2v) is 20.1. The van der Waals surface area contributed by atoms with Crippen molar-refractivity contribution in [2.75, 3.05) is 49.0 Å². The Morgan fingerprint density at radius 2 is 1.54 bits per heavy atom. The summed E-state index contributed by atoms with van der Waals surface area (Å²) in [4.78, 5) is 67.7. The lowest BCUT2D eigenvalue weighted by molar-refractivity contribution is -0.146. The molecule has 4 aromatic rings. The summed E-state index contributed by atoms with van der Waals surface area (Å²) in [6.45, 7) is 9.07. The number of para-hydroxylation sites is 3. The molecule has 1 aliphatic heterocycles. The number of nitrogens with zero attached hydrogens (tertiary/aromatic N) is 2. The third kappa shape index (κ3) is 19.9. The summed E-state index contributed by atoms with van der Waals surface area (Å²) in [6.07, 6.45) is -4.21. The molecule has 16 nitrogen and oxygen atoms in total. The molecule has 1 heterocycles. The lowest BCUT2D eigenvalue weighted by Gasteiger charge is -2.35. The van der Waals surface area contributed by atoms with Gasteiger partial charge in [0, 0.05) is 19.9 Å². The maximum absolute atomic E-state index is 12.7. The number of methoxy groups -OCH3 is 1. The molecule has 0 aliphatic carbocycles. The van der Waals surface area contributed by atoms with E-state index in [9.17, 15) is 41.7 Å². The fourth-order valence-electron chi connectivity index (χ4n) is 6.15. The van der Waals surface area contributed by atoms with Crippen LogP contribution in [-0.2, 0) is 52.2 Å². The second kappa shape index (κ2) is 29.8. The molecule has 5 rings (SSSR count). The van der Waals surface area contributed by atoms with Gasteiger partial charge < -0.3 is 44.7 Å². The number of rotatable bonds is 16. The van der Waals surface area contributed by atoms with Crippen LogP contribution in [0, 0.1) is 0 Å². The highest BCUT2D eigenvalue weighted by Crippen LogP contribution is 2.38. The molecule has 0 radical (unpaired) electrons. The van der Waals surface area contributed by atoms with Gasteiger partial charge in [-0.1, -0.05) is 90.6 Å². The Morgan fingerprint density at radius 3 is 2.04 bits per heavy atom. The Kier molecular flexibility index (Phi) is 26.2. The highest BCUT2D eigenvalue weighted by atomic mass is 35.5. The number of hydrogen-bond acceptors (Lipinski definition) is 11. The predicted octanol–water partition coefficient (Wildman–Crippen LogP) is 10.7. The lowest BCUT2D eigenvalue weighted by atomic mass is 10.0. The zero-order chi connectivity index (χ0) is 54.7. The standard InChI is InChI=1S/C17H11Cl2F3O5.C14H20ClNO2.C11H11Cl2NO2.C5H12NO4P/c1-8(15(23)24)26-16(25)11-7-10(3-4-12(11)18)27-14-5-2-9(6-13(14)19)17(20,21)22;1-4-11-7-6-8-12(5-2)14(11)16(10-18-3)13(17)9-15;1-7-6-16-9-5-3-2-4-8(9)14(7)11(15)10(12)13;1-11(9,10)3-2-4(6)5(7)8/h2-8H,1H3,(H,23,24);6-8H,4-5,9-10H2,1-3H3;2-5,7,10H,6H2,1H3;4H,2-3,6H2,1H3,(H,7,8)(H,9,10)/t8-;;;/m0.../s1. The minimum Gasteiger partial charge on any atom is -0.489 e. The molecule has 3 unspecified atom stereocenters. The molecule has 72 heavy (non-hydrogen) atoms. The van der Waals surface area contributed by atoms with E-state index in [1.165, 1.54) is 18.8 Å². The number of nitrogens with two attached hydrogens (primary N) is 1. The number of aryl methyl sites for hydroxylation is 2. The molecule has 0 aromatic heterocycles. The average molecular weight is 1130 g/mol. The van der Waals surface area contributed by atoms with E-state index in [0.29, 0.717) is 18.4 Å². The predicted molar refractivity (Wildman–Crippen MR) is 271 cm³/mol. The number of hydrogen-bond donors (Lipinski definition) is 4. The van der Waals surface area contributed by atoms with Crippen LogP contribution in [0.25, 0.3) is 0 Å². The van der Waals surface area contributed by atoms with Gasteiger partial charge in [0.1, 0.15) is 42.5 Å². The minimum atomic E-state index is -4.56. The quantitative estimate of drug-likeness (QED) is 0.0354. The van der Waals surface area contributed by atoms with Gasteiger partial charge in [0.15, 0.2) is 18.3 Å². The molecule has 1 aliphatic rings. The first kappa shape index (κ1) is 63.3. The van der Waals surface area contributed by atoms with Crippen molar-refractivity contribution >= 4 is 106 Å². The Hall–Kier alpha value is -4.82. The maximum atomic E-state index is 12.7. The number of benzene rings is 4. The van der Waals surface area contributed by atoms with Crippen LogP contribution in [0.1, 0.15) is 61.2 Å². The van der Waals surface area contributed by atoms with Gasteiger partial charge in [0.2, 0.25) is 5.91 Å². The Bertz CT molecular complexity index is 2520. The number of ether oxygens (including phenoxy) is 4. The van der Waals surface area contributed by atoms with E-state index in [0.717, 1.165) is 60.5 Å². The summed E-state index contributed by atoms with van der Waals surface area (Å²) < 4.78 is 69.4. The monoisotopic (exact) mass is 1130 g/mol. The van der Waals surface area contributed by atoms with Crippen LogP contribution in [0.15, 0.2) is 78.9 Å². The molecular weight excluding hydrogens is 1080 g/mol. The first-order valence-electron chi connectivity index (χ1n) is 21.5. The van der Waals surface area contributed by atoms with Gasteiger partial charge in [-0.05, 0) is 92.8 Å². The van der Waals surface area contributed by atoms with Gasteiger partial charge >= 0.3 is 24.1 Å². The van der Waals surface area contributed by atoms with E-state index in [4.69, 9.17) is 97.8 Å². The molecule has 2 amide bonds. The largest absolute Gasteiger partial charge is 0.489 e. The molecule has 0 spiro atoms. The molecule has 396 valence electrons. The second-order valence-electron chi connectivity index (χ2n) is 15.4. The topological polar surface area (TPSA) is 233 Å². The Labute approximate surface area is 439 Å². The van der Waals surface area contributed by atoms with Crippen molar-refractivity contribution in [3.8, 4) is 17.2 Å². The SMILES string of the molecule is CC1COc2ccccc2N1C(=O)C(Cl)Cl.CCc1cccc(CC)c1N(COC)C(=O)CCl.CP(=O)(O)CCC(N)C(=O)O.C[C@H](OC(=O)c1cc(Oc2ccc(C(F)(F)F)cc2Cl)ccc1Cl)C(=O)O. The third-order valence-electron chi connectivity index (χ3n) is 9.83. The molecule has 0 saturated heterocycles. The summed E-state index contributed by atoms with van der Waals surface area (Å²) in [5.74, 6) is -3.32. The van der Waals surface area contributed by atoms with E-state index in [2.05, 4.69) is 13.8 Å². The van der Waals surface area contributed by atoms with E-state index >= 15 is 0 Å². The van der Waals surface area contributed by atoms with Crippen molar-refractivity contribution in [1.82, 2.24) is 0 Å². The van der Waals surface area contributed by atoms with Gasteiger partial charge in [-0.25, -0.2) is 9.59 Å². The number of alkyl halides is 6. The smallest absolute Gasteiger partial charge is 0.416 e. The Balaban J connectivity index is 0.000000346. The summed E-state index contributed by atoms with van der Waals surface area (Å²) in [7, 11) is -1.52. The van der Waals surface area contributed by atoms with Crippen LogP contribution < -0.4 is 25.0 Å². The van der Waals surface area contributed by atoms with E-state index in [-0.39, 0.29) is 70.2 Å². The fraction of sp³-hybridized carbons (Fsp3) is 0.383. The van der Waals surface area contributed by atoms with Crippen molar-refractivity contribution in [2.45, 2.75) is 76.2 Å². The minimum absolute atomic E-state index is 0.0246. The molecule has 0 fully saturated rings. The van der Waals surface area contributed by atoms with Crippen molar-refractivity contribution in [3.05, 3.63) is 111 Å². The van der Waals surface area contributed by atoms with Crippen molar-refractivity contribution < 1.29 is 75.8 Å². The van der Waals surface area contributed by atoms with Crippen LogP contribution in [0.4, 0.5) is 24.5 Å². The molecule has 4 aromatic carbocycles. The van der Waals surface area contributed by atoms with Gasteiger partial charge in [-0.15, -0.1) is 11.6 Å². The lowest BCUT2D eigenvalue weighted by Crippen LogP contribution is -2.47. The zero-order valence-corrected chi connectivity index (χ0v) is 44.3. The van der Waals surface area contributed by atoms with Gasteiger partial charge in [0.05, 0.1) is 38.6 Å². The number of carbonyl (C=O) groups is 5. The number of fused-ring (bicyclic) bond motifs is 1. The maximum Gasteiger partial charge on any atom is 0.416 e. The van der Waals surface area contributed by atoms with Crippen LogP contribution in [0.3, 0.4) is 0 Å². The molecule has 0 saturated carbocycles. The number of carboxylic acids is 2. The van der Waals surface area contributed by atoms with E-state index in [1.807, 2.05) is 49.4 Å². The summed E-state index contributed by atoms with van der Waals surface area (Å²) in [6, 6.07) is 18.7. The van der Waals surface area contributed by atoms with Crippen LogP contribution in [0.2, 0.25) is 10.0 Å². The summed E-state index contributed by atoms with van der Waals surface area (Å²) in [5.41, 5.74) is 7.93. The van der Waals surface area contributed by atoms with Crippen molar-refractivity contribution in [2.24, 2.45) is 5.73 Å². The molecule has 5 N–H and O–H groups in total. The fourth-order valence-corrected chi connectivity index (χ4v) is 7.68. The van der Waals surface area contributed by atoms with Crippen LogP contribution in [-0.4, -0.2) is 107 Å². The number of carboxylic acid groups (broad SMARTS) is 2. The van der Waals surface area contributed by atoms with Gasteiger partial charge in [-0.3, -0.25) is 23.8 Å². The molecular formula is C47H54Cl5F3N3O13P. The van der Waals surface area contributed by atoms with E-state index in [1.54, 1.807) is 16.9 Å². The third-order valence-corrected chi connectivity index (χ3v) is 12.1. The first-order valence-corrected chi connectivity index (χ1v) is 25.9. The summed E-state index contributed by atoms with van der Waals surface area (Å²) in [5, 5.41) is 16.7. The first-order chi connectivity index (χ1) is 33.6. The number of esters is 1. The van der Waals surface area contributed by atoms with Gasteiger partial charge in [-0.2, -0.15) is 13.2 Å². The highest BCUT2D eigenvalue weighted by molar-refractivity contribution is 7.57. The highest BCUT2D eigenvalue weighted by Gasteiger charge is 2.33.